The molecule has 0 bridgehead atoms. The molecule has 13 nitrogen and oxygen atoms in total. The highest BCUT2D eigenvalue weighted by Gasteiger charge is 2.62. The summed E-state index contributed by atoms with van der Waals surface area (Å²) in [4.78, 5) is 52.2. The van der Waals surface area contributed by atoms with E-state index in [1.165, 1.54) is 0 Å². The highest BCUT2D eigenvalue weighted by molar-refractivity contribution is 7.91. The zero-order valence-electron chi connectivity index (χ0n) is 27.3. The number of carbonyl (C=O) groups is 3. The van der Waals surface area contributed by atoms with Crippen molar-refractivity contribution in [2.45, 2.75) is 82.1 Å². The summed E-state index contributed by atoms with van der Waals surface area (Å²) in [5.74, 6) is -2.32. The molecule has 0 radical (unpaired) electrons. The van der Waals surface area contributed by atoms with E-state index in [1.54, 1.807) is 25.1 Å². The molecule has 5 atom stereocenters. The van der Waals surface area contributed by atoms with Crippen molar-refractivity contribution in [3.63, 3.8) is 0 Å². The van der Waals surface area contributed by atoms with E-state index in [0.717, 1.165) is 24.8 Å². The number of carbonyl (C=O) groups excluding carboxylic acids is 3. The molecule has 3 aliphatic carbocycles. The van der Waals surface area contributed by atoms with E-state index in [9.17, 15) is 22.8 Å². The van der Waals surface area contributed by atoms with Gasteiger partial charge in [-0.25, -0.2) is 8.42 Å². The lowest BCUT2D eigenvalue weighted by molar-refractivity contribution is -0.140. The predicted molar refractivity (Wildman–Crippen MR) is 172 cm³/mol. The van der Waals surface area contributed by atoms with Crippen molar-refractivity contribution in [2.75, 3.05) is 27.3 Å². The van der Waals surface area contributed by atoms with Crippen LogP contribution in [0.1, 0.15) is 63.9 Å². The van der Waals surface area contributed by atoms with Gasteiger partial charge in [0, 0.05) is 25.1 Å². The van der Waals surface area contributed by atoms with Crippen LogP contribution >= 0.6 is 0 Å². The summed E-state index contributed by atoms with van der Waals surface area (Å²) >= 11 is 0. The Morgan fingerprint density at radius 2 is 1.91 bits per heavy atom. The lowest BCUT2D eigenvalue weighted by Crippen LogP contribution is -2.54. The Kier molecular flexibility index (Phi) is 9.07. The smallest absolute Gasteiger partial charge is 0.320 e. The minimum absolute atomic E-state index is 0.137. The van der Waals surface area contributed by atoms with E-state index in [2.05, 4.69) is 20.0 Å². The standard InChI is InChI=1S/C33H43N5O8S/c1-5-45-32-34-27-19(2)26(44-4)14-13-23(27)29(35-32)46-21-16-24-25(17-21)30(40)38(3)15-9-7-6-8-10-20-18-33(20,36-28(24)39)31(41)37-47(42,43)22-11-12-22/h8,10,13-14,20-22,24-25H,5-7,9,11-12,15-18H2,1-4H3,(H,36,39)(H,37,41)/b10-8+. The number of sulfonamides is 1. The van der Waals surface area contributed by atoms with Crippen LogP contribution in [0.2, 0.25) is 0 Å². The molecule has 0 saturated heterocycles. The molecule has 2 N–H and O–H groups in total. The van der Waals surface area contributed by atoms with Gasteiger partial charge in [0.15, 0.2) is 0 Å². The van der Waals surface area contributed by atoms with Crippen LogP contribution < -0.4 is 24.2 Å². The zero-order valence-corrected chi connectivity index (χ0v) is 28.1. The number of fused-ring (bicyclic) bond motifs is 3. The van der Waals surface area contributed by atoms with Crippen molar-refractivity contribution >= 4 is 38.6 Å². The maximum atomic E-state index is 14.1. The second kappa shape index (κ2) is 12.9. The molecule has 1 aromatic carbocycles. The average Bonchev–Trinajstić information content (AvgIpc) is 3.96. The number of hydrogen-bond acceptors (Lipinski definition) is 10. The molecule has 254 valence electrons. The monoisotopic (exact) mass is 669 g/mol. The molecule has 2 aromatic rings. The van der Waals surface area contributed by atoms with Gasteiger partial charge >= 0.3 is 6.01 Å². The van der Waals surface area contributed by atoms with Crippen molar-refractivity contribution < 1.29 is 37.0 Å². The van der Waals surface area contributed by atoms with Gasteiger partial charge in [0.2, 0.25) is 27.7 Å². The third-order valence-electron chi connectivity index (χ3n) is 9.78. The first-order valence-corrected chi connectivity index (χ1v) is 18.0. The molecular weight excluding hydrogens is 626 g/mol. The Balaban J connectivity index is 1.30. The number of nitrogens with one attached hydrogen (secondary N) is 2. The average molecular weight is 670 g/mol. The molecule has 1 aliphatic heterocycles. The SMILES string of the molecule is CCOc1nc(OC2CC3C(=O)NC4(C(=O)NS(=O)(=O)C5CC5)CC4/C=C/CCCCN(C)C(=O)C3C2)c2ccc(OC)c(C)c2n1. The molecule has 0 spiro atoms. The minimum atomic E-state index is -3.82. The van der Waals surface area contributed by atoms with Gasteiger partial charge in [-0.05, 0) is 77.3 Å². The quantitative estimate of drug-likeness (QED) is 0.399. The van der Waals surface area contributed by atoms with Gasteiger partial charge in [0.1, 0.15) is 17.4 Å². The Labute approximate surface area is 274 Å². The van der Waals surface area contributed by atoms with Gasteiger partial charge in [-0.3, -0.25) is 19.1 Å². The number of methoxy groups -OCH3 is 1. The van der Waals surface area contributed by atoms with Crippen molar-refractivity contribution in [3.05, 3.63) is 29.8 Å². The van der Waals surface area contributed by atoms with Crippen LogP contribution in [-0.2, 0) is 24.4 Å². The molecule has 3 amide bonds. The van der Waals surface area contributed by atoms with Crippen molar-refractivity contribution in [2.24, 2.45) is 17.8 Å². The highest BCUT2D eigenvalue weighted by Crippen LogP contribution is 2.47. The topological polar surface area (TPSA) is 166 Å². The minimum Gasteiger partial charge on any atom is -0.496 e. The van der Waals surface area contributed by atoms with Crippen molar-refractivity contribution in [1.29, 1.82) is 0 Å². The van der Waals surface area contributed by atoms with Crippen LogP contribution in [0.15, 0.2) is 24.3 Å². The van der Waals surface area contributed by atoms with Gasteiger partial charge in [0.05, 0.1) is 41.7 Å². The van der Waals surface area contributed by atoms with E-state index >= 15 is 0 Å². The van der Waals surface area contributed by atoms with Crippen LogP contribution in [0.5, 0.6) is 17.6 Å². The fraction of sp³-hybridized carbons (Fsp3) is 0.606. The third-order valence-corrected chi connectivity index (χ3v) is 11.6. The number of allylic oxidation sites excluding steroid dienone is 1. The maximum Gasteiger partial charge on any atom is 0.320 e. The second-order valence-corrected chi connectivity index (χ2v) is 15.0. The summed E-state index contributed by atoms with van der Waals surface area (Å²) in [5, 5.41) is 2.97. The lowest BCUT2D eigenvalue weighted by atomic mass is 9.93. The summed E-state index contributed by atoms with van der Waals surface area (Å²) in [7, 11) is -0.500. The maximum absolute atomic E-state index is 14.1. The molecule has 1 aromatic heterocycles. The summed E-state index contributed by atoms with van der Waals surface area (Å²) in [6, 6.07) is 3.75. The van der Waals surface area contributed by atoms with Gasteiger partial charge < -0.3 is 24.4 Å². The zero-order chi connectivity index (χ0) is 33.5. The largest absolute Gasteiger partial charge is 0.496 e. The number of rotatable bonds is 8. The van der Waals surface area contributed by atoms with E-state index in [0.29, 0.717) is 42.6 Å². The summed E-state index contributed by atoms with van der Waals surface area (Å²) < 4.78 is 45.2. The summed E-state index contributed by atoms with van der Waals surface area (Å²) in [5.41, 5.74) is -0.0108. The number of nitrogens with zero attached hydrogens (tertiary/aromatic N) is 3. The molecule has 14 heteroatoms. The molecular formula is C33H43N5O8S. The van der Waals surface area contributed by atoms with Crippen molar-refractivity contribution in [3.8, 4) is 17.6 Å². The van der Waals surface area contributed by atoms with E-state index in [-0.39, 0.29) is 43.0 Å². The number of hydrogen-bond donors (Lipinski definition) is 2. The molecule has 3 saturated carbocycles. The Morgan fingerprint density at radius 3 is 2.64 bits per heavy atom. The number of amides is 3. The first kappa shape index (κ1) is 33.0. The Hall–Kier alpha value is -3.94. The highest BCUT2D eigenvalue weighted by atomic mass is 32.2. The number of benzene rings is 1. The van der Waals surface area contributed by atoms with Gasteiger partial charge in [0.25, 0.3) is 5.91 Å². The van der Waals surface area contributed by atoms with Gasteiger partial charge in [-0.2, -0.15) is 9.97 Å². The molecule has 6 rings (SSSR count). The van der Waals surface area contributed by atoms with E-state index in [4.69, 9.17) is 14.2 Å². The number of aryl methyl sites for hydroxylation is 1. The van der Waals surface area contributed by atoms with Crippen LogP contribution in [0.25, 0.3) is 10.9 Å². The van der Waals surface area contributed by atoms with Crippen LogP contribution in [0.3, 0.4) is 0 Å². The Bertz CT molecular complexity index is 1710. The summed E-state index contributed by atoms with van der Waals surface area (Å²) in [6.07, 6.45) is 7.41. The first-order chi connectivity index (χ1) is 22.5. The van der Waals surface area contributed by atoms with Crippen LogP contribution in [-0.4, -0.2) is 85.2 Å². The second-order valence-electron chi connectivity index (χ2n) is 13.1. The molecule has 5 unspecified atom stereocenters. The van der Waals surface area contributed by atoms with Gasteiger partial charge in [-0.1, -0.05) is 12.2 Å². The van der Waals surface area contributed by atoms with E-state index in [1.807, 2.05) is 32.1 Å². The summed E-state index contributed by atoms with van der Waals surface area (Å²) in [6.45, 7) is 4.60. The predicted octanol–water partition coefficient (Wildman–Crippen LogP) is 2.80. The fourth-order valence-corrected chi connectivity index (χ4v) is 8.18. The molecule has 4 aliphatic rings. The van der Waals surface area contributed by atoms with Crippen molar-refractivity contribution in [1.82, 2.24) is 24.9 Å². The third kappa shape index (κ3) is 6.61. The van der Waals surface area contributed by atoms with Crippen LogP contribution in [0, 0.1) is 24.7 Å². The molecule has 3 fully saturated rings. The lowest BCUT2D eigenvalue weighted by Gasteiger charge is -2.26. The number of aromatic nitrogens is 2. The molecule has 47 heavy (non-hydrogen) atoms. The first-order valence-electron chi connectivity index (χ1n) is 16.4. The molecule has 2 heterocycles. The van der Waals surface area contributed by atoms with E-state index < -0.39 is 50.6 Å². The van der Waals surface area contributed by atoms with Gasteiger partial charge in [-0.15, -0.1) is 0 Å². The normalized spacial score (nSPS) is 28.8. The Morgan fingerprint density at radius 1 is 1.15 bits per heavy atom. The van der Waals surface area contributed by atoms with Crippen LogP contribution in [0.4, 0.5) is 0 Å². The number of ether oxygens (including phenoxy) is 3. The fourth-order valence-electron chi connectivity index (χ4n) is 6.82.